The summed E-state index contributed by atoms with van der Waals surface area (Å²) in [5.41, 5.74) is 2.07. The number of hydrogen-bond donors (Lipinski definition) is 1. The number of rotatable bonds is 6. The molecule has 0 aromatic heterocycles. The van der Waals surface area contributed by atoms with Crippen LogP contribution in [-0.2, 0) is 6.42 Å². The van der Waals surface area contributed by atoms with Crippen LogP contribution in [0.4, 0.5) is 0 Å². The second-order valence-corrected chi connectivity index (χ2v) is 4.54. The predicted molar refractivity (Wildman–Crippen MR) is 74.6 cm³/mol. The van der Waals surface area contributed by atoms with Gasteiger partial charge in [0.1, 0.15) is 0 Å². The molecule has 1 heteroatoms. The van der Waals surface area contributed by atoms with Crippen molar-refractivity contribution in [2.24, 2.45) is 0 Å². The molecule has 1 atom stereocenters. The van der Waals surface area contributed by atoms with Crippen molar-refractivity contribution in [1.29, 1.82) is 0 Å². The van der Waals surface area contributed by atoms with Crippen LogP contribution in [0, 0.1) is 12.3 Å². The van der Waals surface area contributed by atoms with E-state index in [1.165, 1.54) is 5.56 Å². The topological polar surface area (TPSA) is 12.0 Å². The zero-order valence-corrected chi connectivity index (χ0v) is 10.8. The maximum Gasteiger partial charge on any atom is 0.0950 e. The number of aryl methyl sites for hydroxylation is 1. The molecule has 0 aliphatic rings. The van der Waals surface area contributed by atoms with Gasteiger partial charge in [0, 0.05) is 5.70 Å². The van der Waals surface area contributed by atoms with E-state index in [0.717, 1.165) is 25.0 Å². The minimum absolute atomic E-state index is 0.270. The molecule has 1 aromatic carbocycles. The SMILES string of the molecule is C#CC(C)(CC)NC(=C)CCc1ccccc1. The van der Waals surface area contributed by atoms with Crippen molar-refractivity contribution in [3.63, 3.8) is 0 Å². The second kappa shape index (κ2) is 6.15. The quantitative estimate of drug-likeness (QED) is 0.733. The Hall–Kier alpha value is -1.68. The van der Waals surface area contributed by atoms with E-state index in [0.29, 0.717) is 0 Å². The van der Waals surface area contributed by atoms with Crippen molar-refractivity contribution in [3.8, 4) is 12.3 Å². The summed E-state index contributed by atoms with van der Waals surface area (Å²) in [6.45, 7) is 8.15. The van der Waals surface area contributed by atoms with E-state index in [9.17, 15) is 0 Å². The molecule has 0 amide bonds. The molecule has 1 nitrogen and oxygen atoms in total. The fourth-order valence-corrected chi connectivity index (χ4v) is 1.62. The van der Waals surface area contributed by atoms with Crippen LogP contribution < -0.4 is 5.32 Å². The zero-order chi connectivity index (χ0) is 12.7. The second-order valence-electron chi connectivity index (χ2n) is 4.54. The van der Waals surface area contributed by atoms with Crippen molar-refractivity contribution in [3.05, 3.63) is 48.2 Å². The molecule has 0 radical (unpaired) electrons. The monoisotopic (exact) mass is 227 g/mol. The lowest BCUT2D eigenvalue weighted by molar-refractivity contribution is 0.477. The first-order valence-electron chi connectivity index (χ1n) is 6.07. The Balaban J connectivity index is 2.44. The molecule has 0 saturated heterocycles. The summed E-state index contributed by atoms with van der Waals surface area (Å²) in [6.07, 6.45) is 8.33. The number of benzene rings is 1. The molecule has 0 fully saturated rings. The molecule has 1 N–H and O–H groups in total. The fraction of sp³-hybridized carbons (Fsp3) is 0.375. The summed E-state index contributed by atoms with van der Waals surface area (Å²) < 4.78 is 0. The van der Waals surface area contributed by atoms with Crippen LogP contribution in [-0.4, -0.2) is 5.54 Å². The summed E-state index contributed by atoms with van der Waals surface area (Å²) in [4.78, 5) is 0. The zero-order valence-electron chi connectivity index (χ0n) is 10.8. The summed E-state index contributed by atoms with van der Waals surface area (Å²) in [6, 6.07) is 10.4. The number of allylic oxidation sites excluding steroid dienone is 1. The van der Waals surface area contributed by atoms with Gasteiger partial charge in [0.25, 0.3) is 0 Å². The molecular formula is C16H21N. The van der Waals surface area contributed by atoms with Gasteiger partial charge in [-0.2, -0.15) is 0 Å². The highest BCUT2D eigenvalue weighted by Gasteiger charge is 2.17. The van der Waals surface area contributed by atoms with E-state index in [4.69, 9.17) is 6.42 Å². The van der Waals surface area contributed by atoms with Crippen LogP contribution in [0.25, 0.3) is 0 Å². The Morgan fingerprint density at radius 3 is 2.59 bits per heavy atom. The first-order valence-corrected chi connectivity index (χ1v) is 6.07. The molecule has 0 heterocycles. The van der Waals surface area contributed by atoms with Gasteiger partial charge in [-0.05, 0) is 31.7 Å². The summed E-state index contributed by atoms with van der Waals surface area (Å²) in [5, 5.41) is 3.33. The number of terminal acetylenes is 1. The van der Waals surface area contributed by atoms with Gasteiger partial charge in [0.2, 0.25) is 0 Å². The minimum atomic E-state index is -0.270. The van der Waals surface area contributed by atoms with Gasteiger partial charge in [0.05, 0.1) is 5.54 Å². The molecule has 1 aromatic rings. The van der Waals surface area contributed by atoms with Crippen LogP contribution >= 0.6 is 0 Å². The lowest BCUT2D eigenvalue weighted by Gasteiger charge is -2.26. The highest BCUT2D eigenvalue weighted by atomic mass is 15.0. The maximum absolute atomic E-state index is 5.52. The van der Waals surface area contributed by atoms with Gasteiger partial charge in [-0.25, -0.2) is 0 Å². The van der Waals surface area contributed by atoms with E-state index >= 15 is 0 Å². The van der Waals surface area contributed by atoms with Crippen LogP contribution in [0.2, 0.25) is 0 Å². The van der Waals surface area contributed by atoms with Gasteiger partial charge < -0.3 is 5.32 Å². The van der Waals surface area contributed by atoms with E-state index in [2.05, 4.69) is 49.0 Å². The van der Waals surface area contributed by atoms with E-state index in [1.54, 1.807) is 0 Å². The molecule has 0 saturated carbocycles. The third-order valence-electron chi connectivity index (χ3n) is 3.04. The molecule has 0 aliphatic carbocycles. The standard InChI is InChI=1S/C16H21N/c1-5-16(4,6-2)17-14(3)12-13-15-10-8-7-9-11-15/h1,7-11,17H,3,6,12-13H2,2,4H3. The van der Waals surface area contributed by atoms with Crippen molar-refractivity contribution in [2.75, 3.05) is 0 Å². The molecule has 90 valence electrons. The molecule has 0 spiro atoms. The lowest BCUT2D eigenvalue weighted by atomic mass is 9.99. The largest absolute Gasteiger partial charge is 0.373 e. The van der Waals surface area contributed by atoms with E-state index < -0.39 is 0 Å². The smallest absolute Gasteiger partial charge is 0.0950 e. The Kier molecular flexibility index (Phi) is 4.84. The Labute approximate surface area is 105 Å². The molecule has 0 bridgehead atoms. The van der Waals surface area contributed by atoms with Crippen molar-refractivity contribution in [1.82, 2.24) is 5.32 Å². The lowest BCUT2D eigenvalue weighted by Crippen LogP contribution is -2.39. The van der Waals surface area contributed by atoms with Crippen LogP contribution in [0.5, 0.6) is 0 Å². The highest BCUT2D eigenvalue weighted by molar-refractivity contribution is 5.18. The van der Waals surface area contributed by atoms with Crippen molar-refractivity contribution >= 4 is 0 Å². The first-order chi connectivity index (χ1) is 8.09. The average Bonchev–Trinajstić information content (AvgIpc) is 2.37. The van der Waals surface area contributed by atoms with Crippen molar-refractivity contribution < 1.29 is 0 Å². The molecule has 1 unspecified atom stereocenters. The van der Waals surface area contributed by atoms with Gasteiger partial charge in [-0.3, -0.25) is 0 Å². The van der Waals surface area contributed by atoms with Crippen LogP contribution in [0.3, 0.4) is 0 Å². The third-order valence-corrected chi connectivity index (χ3v) is 3.04. The number of hydrogen-bond acceptors (Lipinski definition) is 1. The van der Waals surface area contributed by atoms with Gasteiger partial charge in [-0.15, -0.1) is 6.42 Å². The van der Waals surface area contributed by atoms with Gasteiger partial charge in [-0.1, -0.05) is 49.8 Å². The van der Waals surface area contributed by atoms with Gasteiger partial charge >= 0.3 is 0 Å². The fourth-order valence-electron chi connectivity index (χ4n) is 1.62. The average molecular weight is 227 g/mol. The highest BCUT2D eigenvalue weighted by Crippen LogP contribution is 2.12. The first kappa shape index (κ1) is 13.4. The molecule has 17 heavy (non-hydrogen) atoms. The summed E-state index contributed by atoms with van der Waals surface area (Å²) in [5.74, 6) is 2.79. The normalized spacial score (nSPS) is 13.5. The Morgan fingerprint density at radius 1 is 1.41 bits per heavy atom. The predicted octanol–water partition coefficient (Wildman–Crippen LogP) is 3.52. The van der Waals surface area contributed by atoms with Crippen LogP contribution in [0.15, 0.2) is 42.6 Å². The van der Waals surface area contributed by atoms with E-state index in [1.807, 2.05) is 13.0 Å². The number of nitrogens with one attached hydrogen (secondary N) is 1. The third kappa shape index (κ3) is 4.36. The van der Waals surface area contributed by atoms with Crippen molar-refractivity contribution in [2.45, 2.75) is 38.6 Å². The van der Waals surface area contributed by atoms with Gasteiger partial charge in [0.15, 0.2) is 0 Å². The maximum atomic E-state index is 5.52. The molecular weight excluding hydrogens is 206 g/mol. The molecule has 0 aliphatic heterocycles. The van der Waals surface area contributed by atoms with Crippen LogP contribution in [0.1, 0.15) is 32.3 Å². The summed E-state index contributed by atoms with van der Waals surface area (Å²) in [7, 11) is 0. The Morgan fingerprint density at radius 2 is 2.06 bits per heavy atom. The minimum Gasteiger partial charge on any atom is -0.373 e. The Bertz CT molecular complexity index is 399. The van der Waals surface area contributed by atoms with E-state index in [-0.39, 0.29) is 5.54 Å². The molecule has 1 rings (SSSR count). The summed E-state index contributed by atoms with van der Waals surface area (Å²) >= 11 is 0.